The molecule has 0 saturated heterocycles. The Balaban J connectivity index is 1.30. The fourth-order valence-corrected chi connectivity index (χ4v) is 3.30. The molecule has 1 heterocycles. The number of nitrogens with zero attached hydrogens (tertiary/aromatic N) is 3. The molecule has 4 rings (SSSR count). The SMILES string of the molecule is Cc1ccc(C(=O)N(C)c2ccc(OC(=O)CCc3nnc(-c4ccc(C)cc4)o3)cc2)cc1. The van der Waals surface area contributed by atoms with Crippen LogP contribution in [0.15, 0.2) is 77.2 Å². The van der Waals surface area contributed by atoms with Gasteiger partial charge < -0.3 is 14.1 Å². The summed E-state index contributed by atoms with van der Waals surface area (Å²) in [6.07, 6.45) is 0.382. The van der Waals surface area contributed by atoms with Crippen molar-refractivity contribution in [2.45, 2.75) is 26.7 Å². The Hall–Kier alpha value is -4.26. The van der Waals surface area contributed by atoms with Crippen LogP contribution in [0.2, 0.25) is 0 Å². The molecule has 0 atom stereocenters. The van der Waals surface area contributed by atoms with Crippen LogP contribution in [0.4, 0.5) is 5.69 Å². The van der Waals surface area contributed by atoms with Crippen molar-refractivity contribution in [2.75, 3.05) is 11.9 Å². The molecule has 0 radical (unpaired) electrons. The van der Waals surface area contributed by atoms with Crippen LogP contribution < -0.4 is 9.64 Å². The first-order valence-corrected chi connectivity index (χ1v) is 10.9. The molecule has 0 bridgehead atoms. The monoisotopic (exact) mass is 455 g/mol. The third kappa shape index (κ3) is 5.56. The average Bonchev–Trinajstić information content (AvgIpc) is 3.32. The number of hydrogen-bond donors (Lipinski definition) is 0. The van der Waals surface area contributed by atoms with Crippen molar-refractivity contribution >= 4 is 17.6 Å². The van der Waals surface area contributed by atoms with Crippen LogP contribution in [0.25, 0.3) is 11.5 Å². The zero-order valence-electron chi connectivity index (χ0n) is 19.3. The predicted octanol–water partition coefficient (Wildman–Crippen LogP) is 5.17. The number of amides is 1. The highest BCUT2D eigenvalue weighted by Crippen LogP contribution is 2.22. The average molecular weight is 456 g/mol. The number of carbonyl (C=O) groups excluding carboxylic acids is 2. The van der Waals surface area contributed by atoms with E-state index in [0.29, 0.717) is 28.8 Å². The van der Waals surface area contributed by atoms with E-state index in [-0.39, 0.29) is 18.7 Å². The highest BCUT2D eigenvalue weighted by atomic mass is 16.5. The van der Waals surface area contributed by atoms with Crippen LogP contribution in [0.3, 0.4) is 0 Å². The highest BCUT2D eigenvalue weighted by Gasteiger charge is 2.15. The molecule has 0 unspecified atom stereocenters. The fraction of sp³-hybridized carbons (Fsp3) is 0.185. The molecule has 0 N–H and O–H groups in total. The summed E-state index contributed by atoms with van der Waals surface area (Å²) in [7, 11) is 1.71. The quantitative estimate of drug-likeness (QED) is 0.282. The maximum atomic E-state index is 12.7. The molecule has 7 heteroatoms. The van der Waals surface area contributed by atoms with E-state index in [1.807, 2.05) is 50.2 Å². The molecule has 172 valence electrons. The highest BCUT2D eigenvalue weighted by molar-refractivity contribution is 6.05. The minimum Gasteiger partial charge on any atom is -0.427 e. The molecule has 0 saturated carbocycles. The molecule has 0 aliphatic heterocycles. The van der Waals surface area contributed by atoms with Crippen LogP contribution in [0.1, 0.15) is 33.8 Å². The van der Waals surface area contributed by atoms with Crippen LogP contribution in [0, 0.1) is 13.8 Å². The second-order valence-electron chi connectivity index (χ2n) is 8.07. The van der Waals surface area contributed by atoms with E-state index in [2.05, 4.69) is 10.2 Å². The number of rotatable bonds is 7. The summed E-state index contributed by atoms with van der Waals surface area (Å²) in [6, 6.07) is 22.0. The van der Waals surface area contributed by atoms with Crippen molar-refractivity contribution in [3.63, 3.8) is 0 Å². The molecule has 3 aromatic carbocycles. The Kier molecular flexibility index (Phi) is 6.82. The van der Waals surface area contributed by atoms with Gasteiger partial charge in [0, 0.05) is 30.3 Å². The first-order valence-electron chi connectivity index (χ1n) is 10.9. The van der Waals surface area contributed by atoms with E-state index in [0.717, 1.165) is 16.7 Å². The van der Waals surface area contributed by atoms with Gasteiger partial charge in [-0.3, -0.25) is 9.59 Å². The van der Waals surface area contributed by atoms with Crippen LogP contribution in [-0.4, -0.2) is 29.1 Å². The van der Waals surface area contributed by atoms with E-state index in [9.17, 15) is 9.59 Å². The Morgan fingerprint density at radius 2 is 1.47 bits per heavy atom. The third-order valence-electron chi connectivity index (χ3n) is 5.37. The Labute approximate surface area is 198 Å². The molecule has 0 spiro atoms. The number of ether oxygens (including phenoxy) is 1. The van der Waals surface area contributed by atoms with Gasteiger partial charge in [0.05, 0.1) is 6.42 Å². The van der Waals surface area contributed by atoms with Crippen molar-refractivity contribution in [1.29, 1.82) is 0 Å². The van der Waals surface area contributed by atoms with E-state index in [1.54, 1.807) is 48.3 Å². The summed E-state index contributed by atoms with van der Waals surface area (Å²) in [5, 5.41) is 8.05. The van der Waals surface area contributed by atoms with Gasteiger partial charge in [0.1, 0.15) is 5.75 Å². The van der Waals surface area contributed by atoms with Gasteiger partial charge in [-0.05, 0) is 62.4 Å². The third-order valence-corrected chi connectivity index (χ3v) is 5.37. The van der Waals surface area contributed by atoms with Gasteiger partial charge in [0.15, 0.2) is 0 Å². The molecule has 7 nitrogen and oxygen atoms in total. The maximum Gasteiger partial charge on any atom is 0.311 e. The van der Waals surface area contributed by atoms with E-state index >= 15 is 0 Å². The fourth-order valence-electron chi connectivity index (χ4n) is 3.30. The first-order chi connectivity index (χ1) is 16.4. The largest absolute Gasteiger partial charge is 0.427 e. The number of anilines is 1. The van der Waals surface area contributed by atoms with Gasteiger partial charge in [0.2, 0.25) is 11.8 Å². The standard InChI is InChI=1S/C27H25N3O4/c1-18-4-8-20(9-5-18)26-29-28-24(34-26)16-17-25(31)33-23-14-12-22(13-15-23)30(3)27(32)21-10-6-19(2)7-11-21/h4-15H,16-17H2,1-3H3. The number of hydrogen-bond acceptors (Lipinski definition) is 6. The number of esters is 1. The van der Waals surface area contributed by atoms with Crippen molar-refractivity contribution in [3.8, 4) is 17.2 Å². The molecule has 1 amide bonds. The lowest BCUT2D eigenvalue weighted by Crippen LogP contribution is -2.26. The number of aryl methyl sites for hydroxylation is 3. The van der Waals surface area contributed by atoms with Crippen molar-refractivity contribution in [3.05, 3.63) is 95.4 Å². The van der Waals surface area contributed by atoms with Crippen LogP contribution in [0.5, 0.6) is 5.75 Å². The summed E-state index contributed by atoms with van der Waals surface area (Å²) in [6.45, 7) is 3.98. The lowest BCUT2D eigenvalue weighted by Gasteiger charge is -2.18. The molecule has 0 fully saturated rings. The summed E-state index contributed by atoms with van der Waals surface area (Å²) in [5.41, 5.74) is 4.37. The summed E-state index contributed by atoms with van der Waals surface area (Å²) < 4.78 is 11.1. The normalized spacial score (nSPS) is 10.7. The van der Waals surface area contributed by atoms with Gasteiger partial charge in [-0.15, -0.1) is 10.2 Å². The Morgan fingerprint density at radius 1 is 0.853 bits per heavy atom. The molecule has 0 aliphatic carbocycles. The minimum atomic E-state index is -0.410. The molecular formula is C27H25N3O4. The number of carbonyl (C=O) groups is 2. The Bertz CT molecular complexity index is 1280. The van der Waals surface area contributed by atoms with Crippen LogP contribution >= 0.6 is 0 Å². The minimum absolute atomic E-state index is 0.100. The first kappa shape index (κ1) is 22.9. The zero-order chi connectivity index (χ0) is 24.1. The van der Waals surface area contributed by atoms with Crippen molar-refractivity contribution in [1.82, 2.24) is 10.2 Å². The van der Waals surface area contributed by atoms with Crippen molar-refractivity contribution in [2.24, 2.45) is 0 Å². The summed E-state index contributed by atoms with van der Waals surface area (Å²) in [5.74, 6) is 0.666. The molecule has 34 heavy (non-hydrogen) atoms. The van der Waals surface area contributed by atoms with Gasteiger partial charge in [-0.1, -0.05) is 35.4 Å². The molecule has 1 aromatic heterocycles. The van der Waals surface area contributed by atoms with E-state index in [1.165, 1.54) is 0 Å². The van der Waals surface area contributed by atoms with Crippen molar-refractivity contribution < 1.29 is 18.7 Å². The molecule has 4 aromatic rings. The van der Waals surface area contributed by atoms with Gasteiger partial charge >= 0.3 is 5.97 Å². The van der Waals surface area contributed by atoms with Crippen LogP contribution in [-0.2, 0) is 11.2 Å². The Morgan fingerprint density at radius 3 is 2.12 bits per heavy atom. The number of benzene rings is 3. The summed E-state index contributed by atoms with van der Waals surface area (Å²) in [4.78, 5) is 26.5. The van der Waals surface area contributed by atoms with E-state index < -0.39 is 5.97 Å². The van der Waals surface area contributed by atoms with E-state index in [4.69, 9.17) is 9.15 Å². The second kappa shape index (κ2) is 10.1. The zero-order valence-corrected chi connectivity index (χ0v) is 19.3. The number of aromatic nitrogens is 2. The van der Waals surface area contributed by atoms with Gasteiger partial charge in [-0.25, -0.2) is 0 Å². The lowest BCUT2D eigenvalue weighted by molar-refractivity contribution is -0.134. The maximum absolute atomic E-state index is 12.7. The molecule has 0 aliphatic rings. The smallest absolute Gasteiger partial charge is 0.311 e. The lowest BCUT2D eigenvalue weighted by atomic mass is 10.1. The molecular weight excluding hydrogens is 430 g/mol. The van der Waals surface area contributed by atoms with Gasteiger partial charge in [-0.2, -0.15) is 0 Å². The second-order valence-corrected chi connectivity index (χ2v) is 8.07. The predicted molar refractivity (Wildman–Crippen MR) is 129 cm³/mol. The van der Waals surface area contributed by atoms with Gasteiger partial charge in [0.25, 0.3) is 5.91 Å². The summed E-state index contributed by atoms with van der Waals surface area (Å²) >= 11 is 0. The topological polar surface area (TPSA) is 85.5 Å².